The lowest BCUT2D eigenvalue weighted by Gasteiger charge is -2.11. The van der Waals surface area contributed by atoms with Crippen LogP contribution in [0.1, 0.15) is 12.0 Å². The van der Waals surface area contributed by atoms with Gasteiger partial charge in [-0.3, -0.25) is 9.69 Å². The number of para-hydroxylation sites is 1. The van der Waals surface area contributed by atoms with E-state index in [1.54, 1.807) is 0 Å². The zero-order chi connectivity index (χ0) is 15.2. The van der Waals surface area contributed by atoms with Crippen molar-refractivity contribution in [2.45, 2.75) is 13.3 Å². The molecule has 1 amide bonds. The topological polar surface area (TPSA) is 67.3 Å². The van der Waals surface area contributed by atoms with Crippen LogP contribution in [0.4, 0.5) is 9.02 Å². The Bertz CT molecular complexity index is 816. The summed E-state index contributed by atoms with van der Waals surface area (Å²) in [5.74, 6) is -1.33. The molecule has 21 heavy (non-hydrogen) atoms. The Morgan fingerprint density at radius 1 is 1.48 bits per heavy atom. The van der Waals surface area contributed by atoms with Gasteiger partial charge in [-0.2, -0.15) is 8.42 Å². The van der Waals surface area contributed by atoms with Crippen LogP contribution in [0.5, 0.6) is 0 Å². The number of carbonyl (C=O) groups excluding carboxylic acids is 1. The second-order valence-electron chi connectivity index (χ2n) is 5.20. The van der Waals surface area contributed by atoms with Gasteiger partial charge in [0.25, 0.3) is 0 Å². The second kappa shape index (κ2) is 5.03. The van der Waals surface area contributed by atoms with Crippen LogP contribution in [0.2, 0.25) is 0 Å². The maximum absolute atomic E-state index is 12.7. The Labute approximate surface area is 125 Å². The minimum Gasteiger partial charge on any atom is -0.288 e. The van der Waals surface area contributed by atoms with E-state index in [2.05, 4.69) is 4.98 Å². The van der Waals surface area contributed by atoms with E-state index in [-0.39, 0.29) is 18.9 Å². The fraction of sp³-hybridized carbons (Fsp3) is 0.385. The highest BCUT2D eigenvalue weighted by Gasteiger charge is 2.35. The molecule has 5 nitrogen and oxygen atoms in total. The fourth-order valence-corrected chi connectivity index (χ4v) is 4.41. The van der Waals surface area contributed by atoms with Gasteiger partial charge in [0.05, 0.1) is 16.0 Å². The molecule has 112 valence electrons. The molecular weight excluding hydrogens is 315 g/mol. The van der Waals surface area contributed by atoms with Crippen molar-refractivity contribution in [1.82, 2.24) is 4.98 Å². The Kier molecular flexibility index (Phi) is 3.45. The van der Waals surface area contributed by atoms with Crippen molar-refractivity contribution in [2.24, 2.45) is 5.92 Å². The molecule has 8 heteroatoms. The standard InChI is InChI=1S/C13H13FN2O3S2/c1-8-3-2-4-10-12(8)15-13(20-10)16-6-9(5-11(16)17)7-21(14,18)19/h2-4,9H,5-7H2,1H3. The van der Waals surface area contributed by atoms with Gasteiger partial charge in [0.1, 0.15) is 0 Å². The third kappa shape index (κ3) is 2.91. The van der Waals surface area contributed by atoms with E-state index in [9.17, 15) is 17.1 Å². The van der Waals surface area contributed by atoms with Crippen LogP contribution in [0.15, 0.2) is 18.2 Å². The predicted molar refractivity (Wildman–Crippen MR) is 79.7 cm³/mol. The van der Waals surface area contributed by atoms with Gasteiger partial charge < -0.3 is 0 Å². The number of fused-ring (bicyclic) bond motifs is 1. The Morgan fingerprint density at radius 2 is 2.24 bits per heavy atom. The number of benzene rings is 1. The number of hydrogen-bond donors (Lipinski definition) is 0. The smallest absolute Gasteiger partial charge is 0.288 e. The third-order valence-corrected chi connectivity index (χ3v) is 5.39. The highest BCUT2D eigenvalue weighted by Crippen LogP contribution is 2.34. The van der Waals surface area contributed by atoms with Crippen molar-refractivity contribution < 1.29 is 17.1 Å². The van der Waals surface area contributed by atoms with E-state index in [1.807, 2.05) is 25.1 Å². The molecule has 0 spiro atoms. The number of rotatable bonds is 3. The summed E-state index contributed by atoms with van der Waals surface area (Å²) >= 11 is 1.38. The van der Waals surface area contributed by atoms with Gasteiger partial charge in [-0.1, -0.05) is 23.5 Å². The summed E-state index contributed by atoms with van der Waals surface area (Å²) in [6, 6.07) is 5.79. The van der Waals surface area contributed by atoms with Crippen molar-refractivity contribution in [3.63, 3.8) is 0 Å². The summed E-state index contributed by atoms with van der Waals surface area (Å²) in [7, 11) is -4.56. The van der Waals surface area contributed by atoms with E-state index >= 15 is 0 Å². The predicted octanol–water partition coefficient (Wildman–Crippen LogP) is 2.26. The summed E-state index contributed by atoms with van der Waals surface area (Å²) in [5.41, 5.74) is 1.86. The van der Waals surface area contributed by atoms with Gasteiger partial charge in [0, 0.05) is 18.9 Å². The van der Waals surface area contributed by atoms with Crippen LogP contribution in [0.3, 0.4) is 0 Å². The zero-order valence-corrected chi connectivity index (χ0v) is 12.9. The lowest BCUT2D eigenvalue weighted by Crippen LogP contribution is -2.25. The summed E-state index contributed by atoms with van der Waals surface area (Å²) in [5, 5.41) is 0.544. The van der Waals surface area contributed by atoms with Gasteiger partial charge in [-0.15, -0.1) is 3.89 Å². The molecule has 0 radical (unpaired) electrons. The summed E-state index contributed by atoms with van der Waals surface area (Å²) in [4.78, 5) is 17.9. The van der Waals surface area contributed by atoms with Crippen LogP contribution in [0.25, 0.3) is 10.2 Å². The number of aromatic nitrogens is 1. The Balaban J connectivity index is 1.89. The fourth-order valence-electron chi connectivity index (χ4n) is 2.55. The molecule has 1 unspecified atom stereocenters. The average Bonchev–Trinajstić information content (AvgIpc) is 2.91. The first-order valence-electron chi connectivity index (χ1n) is 6.42. The molecular formula is C13H13FN2O3S2. The lowest BCUT2D eigenvalue weighted by atomic mass is 10.1. The first-order chi connectivity index (χ1) is 9.83. The number of carbonyl (C=O) groups is 1. The normalized spacial score (nSPS) is 19.6. The van der Waals surface area contributed by atoms with Crippen molar-refractivity contribution >= 4 is 42.8 Å². The Hall–Kier alpha value is -1.54. The molecule has 1 atom stereocenters. The largest absolute Gasteiger partial charge is 0.302 e. The number of amides is 1. The van der Waals surface area contributed by atoms with Crippen LogP contribution in [-0.4, -0.2) is 31.6 Å². The van der Waals surface area contributed by atoms with Crippen molar-refractivity contribution in [1.29, 1.82) is 0 Å². The second-order valence-corrected chi connectivity index (χ2v) is 7.62. The van der Waals surface area contributed by atoms with Crippen LogP contribution < -0.4 is 4.90 Å². The van der Waals surface area contributed by atoms with Crippen LogP contribution in [-0.2, 0) is 15.0 Å². The molecule has 3 rings (SSSR count). The zero-order valence-electron chi connectivity index (χ0n) is 11.2. The molecule has 0 aliphatic carbocycles. The number of aryl methyl sites for hydroxylation is 1. The first kappa shape index (κ1) is 14.4. The van der Waals surface area contributed by atoms with Crippen LogP contribution in [0, 0.1) is 12.8 Å². The molecule has 1 aliphatic rings. The number of thiazole rings is 1. The molecule has 2 aromatic rings. The highest BCUT2D eigenvalue weighted by molar-refractivity contribution is 7.86. The van der Waals surface area contributed by atoms with Gasteiger partial charge in [0.2, 0.25) is 5.91 Å². The Morgan fingerprint density at radius 3 is 2.90 bits per heavy atom. The maximum Gasteiger partial charge on any atom is 0.302 e. The molecule has 1 fully saturated rings. The average molecular weight is 328 g/mol. The molecule has 1 saturated heterocycles. The van der Waals surface area contributed by atoms with E-state index in [0.717, 1.165) is 15.8 Å². The van der Waals surface area contributed by atoms with E-state index < -0.39 is 21.9 Å². The summed E-state index contributed by atoms with van der Waals surface area (Å²) in [6.07, 6.45) is 0.0397. The van der Waals surface area contributed by atoms with Gasteiger partial charge in [-0.05, 0) is 18.6 Å². The summed E-state index contributed by atoms with van der Waals surface area (Å²) in [6.45, 7) is 2.14. The monoisotopic (exact) mass is 328 g/mol. The SMILES string of the molecule is Cc1cccc2sc(N3CC(CS(=O)(=O)F)CC3=O)nc12. The van der Waals surface area contributed by atoms with Gasteiger partial charge in [-0.25, -0.2) is 4.98 Å². The van der Waals surface area contributed by atoms with E-state index in [1.165, 1.54) is 16.2 Å². The lowest BCUT2D eigenvalue weighted by molar-refractivity contribution is -0.117. The molecule has 1 aliphatic heterocycles. The number of halogens is 1. The molecule has 0 saturated carbocycles. The number of hydrogen-bond acceptors (Lipinski definition) is 5. The molecule has 1 aromatic carbocycles. The third-order valence-electron chi connectivity index (χ3n) is 3.48. The van der Waals surface area contributed by atoms with Crippen molar-refractivity contribution in [3.05, 3.63) is 23.8 Å². The first-order valence-corrected chi connectivity index (χ1v) is 8.79. The number of nitrogens with zero attached hydrogens (tertiary/aromatic N) is 2. The molecule has 1 aromatic heterocycles. The molecule has 0 bridgehead atoms. The van der Waals surface area contributed by atoms with Crippen molar-refractivity contribution in [3.8, 4) is 0 Å². The molecule has 2 heterocycles. The van der Waals surface area contributed by atoms with Crippen molar-refractivity contribution in [2.75, 3.05) is 17.2 Å². The van der Waals surface area contributed by atoms with Crippen LogP contribution >= 0.6 is 11.3 Å². The van der Waals surface area contributed by atoms with Gasteiger partial charge in [0.15, 0.2) is 5.13 Å². The van der Waals surface area contributed by atoms with Gasteiger partial charge >= 0.3 is 10.2 Å². The van der Waals surface area contributed by atoms with E-state index in [0.29, 0.717) is 5.13 Å². The minimum absolute atomic E-state index is 0.0397. The molecule has 0 N–H and O–H groups in total. The van der Waals surface area contributed by atoms with E-state index in [4.69, 9.17) is 0 Å². The summed E-state index contributed by atoms with van der Waals surface area (Å²) < 4.78 is 35.1. The highest BCUT2D eigenvalue weighted by atomic mass is 32.3. The minimum atomic E-state index is -4.56. The maximum atomic E-state index is 12.7. The number of anilines is 1. The quantitative estimate of drug-likeness (QED) is 0.811.